The summed E-state index contributed by atoms with van der Waals surface area (Å²) >= 11 is 1.71. The number of amides is 1. The van der Waals surface area contributed by atoms with E-state index in [4.69, 9.17) is 18.5 Å². The molecule has 0 spiro atoms. The number of rotatable bonds is 25. The van der Waals surface area contributed by atoms with Gasteiger partial charge in [-0.25, -0.2) is 4.79 Å². The van der Waals surface area contributed by atoms with E-state index in [2.05, 4.69) is 35.4 Å². The van der Waals surface area contributed by atoms with Crippen molar-refractivity contribution in [3.63, 3.8) is 0 Å². The number of methoxy groups -OCH3 is 1. The summed E-state index contributed by atoms with van der Waals surface area (Å²) in [6, 6.07) is 7.54. The van der Waals surface area contributed by atoms with E-state index in [0.717, 1.165) is 24.9 Å². The van der Waals surface area contributed by atoms with Gasteiger partial charge in [-0.15, -0.1) is 0 Å². The Kier molecular flexibility index (Phi) is 20.5. The Balaban J connectivity index is 1.44. The highest BCUT2D eigenvalue weighted by molar-refractivity contribution is 7.41. The monoisotopic (exact) mass is 625 g/mol. The number of nitrogens with zero attached hydrogens (tertiary/aromatic N) is 1. The Morgan fingerprint density at radius 1 is 0.929 bits per heavy atom. The molecular weight excluding hydrogens is 571 g/mol. The molecule has 1 aromatic carbocycles. The number of ether oxygens (including phenoxy) is 2. The second kappa shape index (κ2) is 23.7. The predicted molar refractivity (Wildman–Crippen MR) is 171 cm³/mol. The lowest BCUT2D eigenvalue weighted by Gasteiger charge is -2.18. The second-order valence-electron chi connectivity index (χ2n) is 10.9. The molecule has 0 aliphatic rings. The minimum Gasteiger partial charge on any atom is -0.447 e. The minimum atomic E-state index is -2.14. The lowest BCUT2D eigenvalue weighted by Crippen LogP contribution is -2.31. The van der Waals surface area contributed by atoms with E-state index in [-0.39, 0.29) is 13.2 Å². The van der Waals surface area contributed by atoms with Crippen LogP contribution in [0.15, 0.2) is 36.0 Å². The number of hydrogen-bond acceptors (Lipinski definition) is 7. The van der Waals surface area contributed by atoms with E-state index in [9.17, 15) is 9.69 Å². The van der Waals surface area contributed by atoms with Crippen LogP contribution in [0.1, 0.15) is 107 Å². The van der Waals surface area contributed by atoms with Gasteiger partial charge in [0.25, 0.3) is 0 Å². The van der Waals surface area contributed by atoms with Crippen LogP contribution in [0.5, 0.6) is 5.75 Å². The van der Waals surface area contributed by atoms with Gasteiger partial charge in [0.05, 0.1) is 11.5 Å². The first-order valence-corrected chi connectivity index (χ1v) is 17.8. The molecule has 42 heavy (non-hydrogen) atoms. The van der Waals surface area contributed by atoms with Crippen LogP contribution in [-0.2, 0) is 20.5 Å². The predicted octanol–water partition coefficient (Wildman–Crippen LogP) is 8.23. The highest BCUT2D eigenvalue weighted by Crippen LogP contribution is 2.35. The molecule has 0 fully saturated rings. The molecular formula is C32H54N2O6PS+. The summed E-state index contributed by atoms with van der Waals surface area (Å²) in [5, 5.41) is 2.80. The molecule has 2 unspecified atom stereocenters. The summed E-state index contributed by atoms with van der Waals surface area (Å²) in [5.74, 6) is 0.520. The number of aromatic nitrogens is 1. The van der Waals surface area contributed by atoms with Crippen molar-refractivity contribution in [2.45, 2.75) is 116 Å². The zero-order chi connectivity index (χ0) is 30.3. The van der Waals surface area contributed by atoms with E-state index < -0.39 is 20.8 Å². The number of nitrogens with one attached hydrogen (secondary N) is 1. The van der Waals surface area contributed by atoms with Crippen LogP contribution in [0.2, 0.25) is 0 Å². The van der Waals surface area contributed by atoms with Gasteiger partial charge in [-0.05, 0) is 37.6 Å². The molecule has 8 nitrogen and oxygen atoms in total. The van der Waals surface area contributed by atoms with Crippen molar-refractivity contribution in [1.82, 2.24) is 5.32 Å². The van der Waals surface area contributed by atoms with E-state index in [1.165, 1.54) is 89.0 Å². The van der Waals surface area contributed by atoms with Crippen LogP contribution < -0.4 is 14.4 Å². The van der Waals surface area contributed by atoms with Gasteiger partial charge in [-0.3, -0.25) is 4.52 Å². The number of hydrogen-bond donors (Lipinski definition) is 2. The lowest BCUT2D eigenvalue weighted by molar-refractivity contribution is -0.683. The summed E-state index contributed by atoms with van der Waals surface area (Å²) in [4.78, 5) is 23.5. The van der Waals surface area contributed by atoms with Crippen LogP contribution in [0.4, 0.5) is 4.79 Å². The van der Waals surface area contributed by atoms with Crippen molar-refractivity contribution < 1.29 is 32.8 Å². The Morgan fingerprint density at radius 2 is 1.52 bits per heavy atom. The van der Waals surface area contributed by atoms with E-state index in [0.29, 0.717) is 12.3 Å². The summed E-state index contributed by atoms with van der Waals surface area (Å²) in [7, 11) is -0.631. The molecule has 2 atom stereocenters. The molecule has 1 aromatic heterocycles. The van der Waals surface area contributed by atoms with Crippen LogP contribution in [0.3, 0.4) is 0 Å². The van der Waals surface area contributed by atoms with Gasteiger partial charge < -0.3 is 24.2 Å². The first-order chi connectivity index (χ1) is 20.5. The van der Waals surface area contributed by atoms with Crippen molar-refractivity contribution >= 4 is 26.0 Å². The number of aryl methyl sites for hydroxylation is 1. The Bertz CT molecular complexity index is 945. The van der Waals surface area contributed by atoms with Crippen LogP contribution >= 0.6 is 19.9 Å². The average Bonchev–Trinajstić information content (AvgIpc) is 3.40. The molecule has 1 heterocycles. The third kappa shape index (κ3) is 18.0. The largest absolute Gasteiger partial charge is 0.447 e. The van der Waals surface area contributed by atoms with Gasteiger partial charge >= 0.3 is 14.7 Å². The molecule has 238 valence electrons. The first kappa shape index (κ1) is 36.4. The summed E-state index contributed by atoms with van der Waals surface area (Å²) < 4.78 is 23.6. The molecule has 0 bridgehead atoms. The third-order valence-electron chi connectivity index (χ3n) is 7.10. The van der Waals surface area contributed by atoms with Crippen molar-refractivity contribution in [3.8, 4) is 5.75 Å². The van der Waals surface area contributed by atoms with E-state index in [1.54, 1.807) is 11.3 Å². The quantitative estimate of drug-likeness (QED) is 0.0656. The number of alkyl carbamates (subject to hydrolysis) is 1. The number of carbonyl (C=O) groups excluding carboxylic acids is 1. The highest BCUT2D eigenvalue weighted by Gasteiger charge is 2.17. The fourth-order valence-corrected chi connectivity index (χ4v) is 5.85. The molecule has 2 rings (SSSR count). The van der Waals surface area contributed by atoms with Gasteiger partial charge in [0, 0.05) is 19.2 Å². The molecule has 0 radical (unpaired) electrons. The molecule has 10 heteroatoms. The lowest BCUT2D eigenvalue weighted by atomic mass is 10.0. The molecule has 0 saturated heterocycles. The molecule has 0 aliphatic heterocycles. The van der Waals surface area contributed by atoms with Crippen molar-refractivity contribution in [2.24, 2.45) is 0 Å². The fraction of sp³-hybridized carbons (Fsp3) is 0.688. The number of thiazole rings is 1. The average molecular weight is 626 g/mol. The highest BCUT2D eigenvalue weighted by atomic mass is 32.1. The van der Waals surface area contributed by atoms with Crippen LogP contribution in [0, 0.1) is 6.92 Å². The summed E-state index contributed by atoms with van der Waals surface area (Å²) in [6.07, 6.45) is 19.4. The molecule has 2 N–H and O–H groups in total. The minimum absolute atomic E-state index is 0.0265. The molecule has 1 amide bonds. The Hall–Kier alpha value is -1.77. The topological polar surface area (TPSA) is 90.1 Å². The van der Waals surface area contributed by atoms with Crippen molar-refractivity contribution in [2.75, 3.05) is 26.9 Å². The zero-order valence-corrected chi connectivity index (χ0v) is 27.8. The van der Waals surface area contributed by atoms with Gasteiger partial charge in [0.2, 0.25) is 5.51 Å². The normalized spacial score (nSPS) is 12.7. The summed E-state index contributed by atoms with van der Waals surface area (Å²) in [6.45, 7) is 5.79. The SMILES string of the molecule is CCCCCCCCCCCCCCCCNC(=O)OCC(COP(O)Oc1ccc(C[n+]2csc(C)c2)cc1)OC. The van der Waals surface area contributed by atoms with E-state index >= 15 is 0 Å². The fourth-order valence-electron chi connectivity index (χ4n) is 4.57. The maximum absolute atomic E-state index is 12.0. The molecule has 0 saturated carbocycles. The third-order valence-corrected chi connectivity index (χ3v) is 8.69. The van der Waals surface area contributed by atoms with E-state index in [1.807, 2.05) is 24.3 Å². The standard InChI is InChI=1S/C32H53N2O6PS/c1-4-5-6-7-8-9-10-11-12-13-14-15-16-17-22-33-32(35)38-25-31(37-3)26-39-41(36)40-30-20-18-29(19-21-30)24-34-23-28(2)42-27-34/h18-21,23,27,31,36H,4-17,22,24-26H2,1-3H3/p+1. The zero-order valence-electron chi connectivity index (χ0n) is 26.1. The maximum Gasteiger partial charge on any atom is 0.407 e. The Morgan fingerprint density at radius 3 is 2.07 bits per heavy atom. The molecule has 0 aliphatic carbocycles. The first-order valence-electron chi connectivity index (χ1n) is 15.8. The van der Waals surface area contributed by atoms with Gasteiger partial charge in [0.15, 0.2) is 12.7 Å². The number of unbranched alkanes of at least 4 members (excludes halogenated alkanes) is 13. The second-order valence-corrected chi connectivity index (χ2v) is 12.9. The number of benzene rings is 1. The Labute approximate surface area is 259 Å². The van der Waals surface area contributed by atoms with Gasteiger partial charge in [0.1, 0.15) is 18.5 Å². The summed E-state index contributed by atoms with van der Waals surface area (Å²) in [5.41, 5.74) is 3.22. The van der Waals surface area contributed by atoms with Crippen LogP contribution in [-0.4, -0.2) is 44.0 Å². The van der Waals surface area contributed by atoms with Crippen molar-refractivity contribution in [3.05, 3.63) is 46.4 Å². The van der Waals surface area contributed by atoms with Gasteiger partial charge in [-0.2, -0.15) is 4.57 Å². The maximum atomic E-state index is 12.0. The van der Waals surface area contributed by atoms with Crippen molar-refractivity contribution in [1.29, 1.82) is 0 Å². The van der Waals surface area contributed by atoms with Gasteiger partial charge in [-0.1, -0.05) is 102 Å². The number of carbonyl (C=O) groups is 1. The smallest absolute Gasteiger partial charge is 0.407 e. The molecule has 2 aromatic rings. The van der Waals surface area contributed by atoms with Crippen LogP contribution in [0.25, 0.3) is 0 Å².